The number of urea groups is 1. The number of carbonyl (C=O) groups is 2. The van der Waals surface area contributed by atoms with E-state index in [-0.39, 0.29) is 18.0 Å². The van der Waals surface area contributed by atoms with Gasteiger partial charge in [0.05, 0.1) is 6.04 Å². The molecule has 0 aromatic heterocycles. The van der Waals surface area contributed by atoms with Crippen LogP contribution in [0.2, 0.25) is 0 Å². The summed E-state index contributed by atoms with van der Waals surface area (Å²) >= 11 is 0. The van der Waals surface area contributed by atoms with Crippen LogP contribution in [0.4, 0.5) is 10.5 Å². The summed E-state index contributed by atoms with van der Waals surface area (Å²) < 4.78 is 0. The topological polar surface area (TPSA) is 52.7 Å². The van der Waals surface area contributed by atoms with Gasteiger partial charge >= 0.3 is 6.03 Å². The zero-order chi connectivity index (χ0) is 21.5. The lowest BCUT2D eigenvalue weighted by atomic mass is 10.1. The molecule has 1 aliphatic heterocycles. The fourth-order valence-corrected chi connectivity index (χ4v) is 3.89. The van der Waals surface area contributed by atoms with Gasteiger partial charge < -0.3 is 15.1 Å². The molecule has 0 unspecified atom stereocenters. The second-order valence-corrected chi connectivity index (χ2v) is 7.83. The van der Waals surface area contributed by atoms with Crippen LogP contribution in [0.3, 0.4) is 0 Å². The van der Waals surface area contributed by atoms with E-state index in [2.05, 4.69) is 17.4 Å². The molecule has 5 nitrogen and oxygen atoms in total. The Labute approximate surface area is 183 Å². The summed E-state index contributed by atoms with van der Waals surface area (Å²) in [5.74, 6) is 0.0374. The lowest BCUT2D eigenvalue weighted by Gasteiger charge is -2.25. The van der Waals surface area contributed by atoms with Gasteiger partial charge in [-0.25, -0.2) is 4.79 Å². The Bertz CT molecular complexity index is 993. The largest absolute Gasteiger partial charge is 0.333 e. The summed E-state index contributed by atoms with van der Waals surface area (Å²) in [5.41, 5.74) is 3.15. The number of nitrogens with one attached hydrogen (secondary N) is 1. The molecule has 0 aliphatic carbocycles. The van der Waals surface area contributed by atoms with E-state index in [1.807, 2.05) is 83.8 Å². The predicted molar refractivity (Wildman–Crippen MR) is 123 cm³/mol. The summed E-state index contributed by atoms with van der Waals surface area (Å²) in [6, 6.07) is 29.4. The van der Waals surface area contributed by atoms with Crippen molar-refractivity contribution in [3.8, 4) is 0 Å². The highest BCUT2D eigenvalue weighted by atomic mass is 16.2. The lowest BCUT2D eigenvalue weighted by molar-refractivity contribution is -0.117. The van der Waals surface area contributed by atoms with E-state index in [4.69, 9.17) is 0 Å². The molecule has 0 radical (unpaired) electrons. The average molecular weight is 414 g/mol. The van der Waals surface area contributed by atoms with Crippen molar-refractivity contribution in [1.29, 1.82) is 0 Å². The number of hydrogen-bond acceptors (Lipinski definition) is 2. The number of hydrogen-bond donors (Lipinski definition) is 1. The molecule has 4 rings (SSSR count). The van der Waals surface area contributed by atoms with Gasteiger partial charge in [-0.15, -0.1) is 0 Å². The van der Waals surface area contributed by atoms with E-state index in [0.29, 0.717) is 26.1 Å². The van der Waals surface area contributed by atoms with Gasteiger partial charge in [0.25, 0.3) is 0 Å². The molecule has 3 amide bonds. The summed E-state index contributed by atoms with van der Waals surface area (Å²) in [6.07, 6.45) is 1.10. The van der Waals surface area contributed by atoms with Crippen molar-refractivity contribution in [2.24, 2.45) is 0 Å². The number of benzene rings is 3. The molecule has 158 valence electrons. The highest BCUT2D eigenvalue weighted by Gasteiger charge is 2.32. The van der Waals surface area contributed by atoms with Crippen LogP contribution in [0.25, 0.3) is 0 Å². The first-order valence-corrected chi connectivity index (χ1v) is 10.7. The van der Waals surface area contributed by atoms with E-state index >= 15 is 0 Å². The molecular weight excluding hydrogens is 386 g/mol. The van der Waals surface area contributed by atoms with Crippen LogP contribution in [-0.2, 0) is 17.8 Å². The van der Waals surface area contributed by atoms with Gasteiger partial charge in [0.2, 0.25) is 5.91 Å². The molecule has 0 spiro atoms. The minimum Gasteiger partial charge on any atom is -0.333 e. The van der Waals surface area contributed by atoms with Crippen LogP contribution in [0.15, 0.2) is 91.0 Å². The fraction of sp³-hybridized carbons (Fsp3) is 0.231. The zero-order valence-electron chi connectivity index (χ0n) is 17.5. The normalized spacial score (nSPS) is 15.7. The van der Waals surface area contributed by atoms with Crippen LogP contribution in [0, 0.1) is 0 Å². The summed E-state index contributed by atoms with van der Waals surface area (Å²) in [6.45, 7) is 1.63. The average Bonchev–Trinajstić information content (AvgIpc) is 3.18. The fourth-order valence-electron chi connectivity index (χ4n) is 3.89. The second kappa shape index (κ2) is 9.94. The lowest BCUT2D eigenvalue weighted by Crippen LogP contribution is -2.46. The van der Waals surface area contributed by atoms with Crippen molar-refractivity contribution in [3.05, 3.63) is 102 Å². The van der Waals surface area contributed by atoms with Gasteiger partial charge in [0.1, 0.15) is 0 Å². The molecule has 1 N–H and O–H groups in total. The maximum atomic E-state index is 13.2. The number of amides is 3. The minimum absolute atomic E-state index is 0.0374. The molecule has 1 atom stereocenters. The molecule has 1 aliphatic rings. The molecule has 31 heavy (non-hydrogen) atoms. The number of carbonyl (C=O) groups excluding carboxylic acids is 2. The van der Waals surface area contributed by atoms with Crippen molar-refractivity contribution in [2.75, 3.05) is 18.0 Å². The number of rotatable bonds is 7. The standard InChI is InChI=1S/C26H27N3O2/c30-25-18-23(20-29(25)24-14-8-3-9-15-24)27-26(31)28(19-22-12-6-2-7-13-22)17-16-21-10-4-1-5-11-21/h1-15,23H,16-20H2,(H,27,31)/t23-/m1/s1. The van der Waals surface area contributed by atoms with Crippen LogP contribution in [0.1, 0.15) is 17.5 Å². The first kappa shape index (κ1) is 20.7. The minimum atomic E-state index is -0.199. The number of anilines is 1. The molecule has 3 aromatic rings. The van der Waals surface area contributed by atoms with Gasteiger partial charge in [-0.3, -0.25) is 4.79 Å². The van der Waals surface area contributed by atoms with E-state index in [9.17, 15) is 9.59 Å². The van der Waals surface area contributed by atoms with Gasteiger partial charge in [-0.05, 0) is 29.7 Å². The van der Waals surface area contributed by atoms with Gasteiger partial charge in [-0.1, -0.05) is 78.9 Å². The molecule has 1 heterocycles. The summed E-state index contributed by atoms with van der Waals surface area (Å²) in [5, 5.41) is 3.09. The first-order chi connectivity index (χ1) is 15.2. The molecule has 1 fully saturated rings. The van der Waals surface area contributed by atoms with E-state index in [1.54, 1.807) is 4.90 Å². The van der Waals surface area contributed by atoms with Crippen LogP contribution in [0.5, 0.6) is 0 Å². The summed E-state index contributed by atoms with van der Waals surface area (Å²) in [7, 11) is 0. The van der Waals surface area contributed by atoms with Crippen molar-refractivity contribution in [3.63, 3.8) is 0 Å². The quantitative estimate of drug-likeness (QED) is 0.630. The number of para-hydroxylation sites is 1. The molecular formula is C26H27N3O2. The van der Waals surface area contributed by atoms with Gasteiger partial charge in [0, 0.05) is 31.7 Å². The Kier molecular flexibility index (Phi) is 6.62. The Morgan fingerprint density at radius 2 is 1.45 bits per heavy atom. The van der Waals surface area contributed by atoms with Crippen molar-refractivity contribution in [1.82, 2.24) is 10.2 Å². The van der Waals surface area contributed by atoms with Crippen molar-refractivity contribution >= 4 is 17.6 Å². The molecule has 3 aromatic carbocycles. The Morgan fingerprint density at radius 3 is 2.10 bits per heavy atom. The first-order valence-electron chi connectivity index (χ1n) is 10.7. The number of nitrogens with zero attached hydrogens (tertiary/aromatic N) is 2. The molecule has 5 heteroatoms. The van der Waals surface area contributed by atoms with E-state index < -0.39 is 0 Å². The van der Waals surface area contributed by atoms with Gasteiger partial charge in [-0.2, -0.15) is 0 Å². The SMILES string of the molecule is O=C(N[C@@H]1CC(=O)N(c2ccccc2)C1)N(CCc1ccccc1)Cc1ccccc1. The van der Waals surface area contributed by atoms with E-state index in [1.165, 1.54) is 5.56 Å². The van der Waals surface area contributed by atoms with Gasteiger partial charge in [0.15, 0.2) is 0 Å². The van der Waals surface area contributed by atoms with Crippen molar-refractivity contribution in [2.45, 2.75) is 25.4 Å². The maximum absolute atomic E-state index is 13.2. The molecule has 0 bridgehead atoms. The second-order valence-electron chi connectivity index (χ2n) is 7.83. The highest BCUT2D eigenvalue weighted by molar-refractivity contribution is 5.96. The van der Waals surface area contributed by atoms with Crippen LogP contribution in [-0.4, -0.2) is 36.0 Å². The third-order valence-electron chi connectivity index (χ3n) is 5.54. The maximum Gasteiger partial charge on any atom is 0.318 e. The van der Waals surface area contributed by atoms with Crippen molar-refractivity contribution < 1.29 is 9.59 Å². The molecule has 0 saturated carbocycles. The zero-order valence-corrected chi connectivity index (χ0v) is 17.5. The third kappa shape index (κ3) is 5.51. The predicted octanol–water partition coefficient (Wildman–Crippen LogP) is 4.25. The van der Waals surface area contributed by atoms with Crippen LogP contribution >= 0.6 is 0 Å². The monoisotopic (exact) mass is 413 g/mol. The Balaban J connectivity index is 1.42. The molecule has 1 saturated heterocycles. The van der Waals surface area contributed by atoms with Crippen LogP contribution < -0.4 is 10.2 Å². The Hall–Kier alpha value is -3.60. The summed E-state index contributed by atoms with van der Waals surface area (Å²) in [4.78, 5) is 29.2. The highest BCUT2D eigenvalue weighted by Crippen LogP contribution is 2.21. The van der Waals surface area contributed by atoms with E-state index in [0.717, 1.165) is 17.7 Å². The smallest absolute Gasteiger partial charge is 0.318 e. The third-order valence-corrected chi connectivity index (χ3v) is 5.54. The Morgan fingerprint density at radius 1 is 0.871 bits per heavy atom.